The molecule has 0 atom stereocenters. The Bertz CT molecular complexity index is 111. The minimum Gasteiger partial charge on any atom is -0.759 e. The Morgan fingerprint density at radius 3 is 1.00 bits per heavy atom. The van der Waals surface area contributed by atoms with E-state index >= 15 is 0 Å². The minimum atomic E-state index is -5.17. The van der Waals surface area contributed by atoms with Gasteiger partial charge < -0.3 is 9.11 Å². The molecule has 0 aromatic carbocycles. The first kappa shape index (κ1) is 22.4. The van der Waals surface area contributed by atoms with E-state index in [0.29, 0.717) is 0 Å². The van der Waals surface area contributed by atoms with Gasteiger partial charge in [0.25, 0.3) is 0 Å². The maximum atomic E-state index is 8.52. The van der Waals surface area contributed by atoms with Crippen LogP contribution in [0.15, 0.2) is 13.2 Å². The molecule has 0 bridgehead atoms. The first-order chi connectivity index (χ1) is 3.00. The smallest absolute Gasteiger partial charge is 0.759 e. The van der Waals surface area contributed by atoms with E-state index in [2.05, 4.69) is 13.2 Å². The van der Waals surface area contributed by atoms with Crippen LogP contribution in [0.2, 0.25) is 0 Å². The summed E-state index contributed by atoms with van der Waals surface area (Å²) in [4.78, 5) is 0. The van der Waals surface area contributed by atoms with Crippen LogP contribution in [0, 0.1) is 0 Å². The van der Waals surface area contributed by atoms with Crippen LogP contribution in [-0.4, -0.2) is 17.5 Å². The topological polar surface area (TPSA) is 80.3 Å². The predicted octanol–water partition coefficient (Wildman–Crippen LogP) is -6.53. The van der Waals surface area contributed by atoms with E-state index in [9.17, 15) is 0 Å². The molecular formula is C2H4Na2O4S. The van der Waals surface area contributed by atoms with Crippen LogP contribution >= 0.6 is 0 Å². The zero-order chi connectivity index (χ0) is 6.50. The van der Waals surface area contributed by atoms with Crippen molar-refractivity contribution >= 4 is 10.4 Å². The van der Waals surface area contributed by atoms with Gasteiger partial charge in [-0.15, -0.1) is 13.2 Å². The Balaban J connectivity index is -0.0000000286. The molecule has 0 unspecified atom stereocenters. The molecule has 7 heteroatoms. The maximum absolute atomic E-state index is 8.52. The standard InChI is InChI=1S/C2H4.2Na.H2O4S/c1-2;;;1-5(2,3)4/h1-2H2;;;(H2,1,2,3,4)/q;2*+1;/p-2. The van der Waals surface area contributed by atoms with E-state index in [0.717, 1.165) is 0 Å². The molecule has 0 saturated heterocycles. The van der Waals surface area contributed by atoms with Gasteiger partial charge >= 0.3 is 59.1 Å². The van der Waals surface area contributed by atoms with Gasteiger partial charge in [0.15, 0.2) is 0 Å². The van der Waals surface area contributed by atoms with Crippen molar-refractivity contribution in [2.45, 2.75) is 0 Å². The molecule has 0 aliphatic carbocycles. The van der Waals surface area contributed by atoms with E-state index in [1.807, 2.05) is 0 Å². The first-order valence-electron chi connectivity index (χ1n) is 1.17. The van der Waals surface area contributed by atoms with Crippen molar-refractivity contribution in [2.75, 3.05) is 0 Å². The third-order valence-corrected chi connectivity index (χ3v) is 0. The molecule has 44 valence electrons. The average molecular weight is 170 g/mol. The molecule has 0 spiro atoms. The molecule has 0 aromatic rings. The largest absolute Gasteiger partial charge is 1.00 e. The summed E-state index contributed by atoms with van der Waals surface area (Å²) in [6, 6.07) is 0. The van der Waals surface area contributed by atoms with Crippen molar-refractivity contribution < 1.29 is 76.6 Å². The second kappa shape index (κ2) is 12.3. The third kappa shape index (κ3) is 215. The van der Waals surface area contributed by atoms with Crippen LogP contribution in [0.5, 0.6) is 0 Å². The molecule has 0 aromatic heterocycles. The summed E-state index contributed by atoms with van der Waals surface area (Å²) in [5, 5.41) is 0. The normalized spacial score (nSPS) is 6.89. The summed E-state index contributed by atoms with van der Waals surface area (Å²) in [7, 11) is -5.17. The molecule has 0 saturated carbocycles. The van der Waals surface area contributed by atoms with Crippen LogP contribution in [0.1, 0.15) is 0 Å². The van der Waals surface area contributed by atoms with Crippen LogP contribution in [-0.2, 0) is 10.4 Å². The zero-order valence-electron chi connectivity index (χ0n) is 5.46. The van der Waals surface area contributed by atoms with Gasteiger partial charge in [-0.1, -0.05) is 0 Å². The molecule has 0 aliphatic heterocycles. The Hall–Kier alpha value is 1.61. The van der Waals surface area contributed by atoms with Crippen molar-refractivity contribution in [3.05, 3.63) is 13.2 Å². The van der Waals surface area contributed by atoms with Crippen molar-refractivity contribution in [3.8, 4) is 0 Å². The molecule has 0 rings (SSSR count). The maximum Gasteiger partial charge on any atom is 1.00 e. The fourth-order valence-electron chi connectivity index (χ4n) is 0. The fourth-order valence-corrected chi connectivity index (χ4v) is 0. The van der Waals surface area contributed by atoms with Gasteiger partial charge in [-0.2, -0.15) is 0 Å². The summed E-state index contributed by atoms with van der Waals surface area (Å²) < 4.78 is 34.1. The van der Waals surface area contributed by atoms with Gasteiger partial charge in [-0.25, -0.2) is 0 Å². The minimum absolute atomic E-state index is 0. The third-order valence-electron chi connectivity index (χ3n) is 0. The van der Waals surface area contributed by atoms with E-state index in [1.54, 1.807) is 0 Å². The van der Waals surface area contributed by atoms with Gasteiger partial charge in [0, 0.05) is 10.4 Å². The molecule has 0 heterocycles. The second-order valence-electron chi connectivity index (χ2n) is 0.408. The summed E-state index contributed by atoms with van der Waals surface area (Å²) in [6.07, 6.45) is 0. The van der Waals surface area contributed by atoms with Crippen LogP contribution in [0.3, 0.4) is 0 Å². The van der Waals surface area contributed by atoms with Gasteiger partial charge in [0.2, 0.25) is 0 Å². The van der Waals surface area contributed by atoms with Crippen LogP contribution in [0.25, 0.3) is 0 Å². The van der Waals surface area contributed by atoms with Gasteiger partial charge in [0.05, 0.1) is 0 Å². The van der Waals surface area contributed by atoms with E-state index in [4.69, 9.17) is 17.5 Å². The van der Waals surface area contributed by atoms with Crippen molar-refractivity contribution in [2.24, 2.45) is 0 Å². The molecule has 0 aliphatic rings. The van der Waals surface area contributed by atoms with Gasteiger partial charge in [-0.05, 0) is 0 Å². The fraction of sp³-hybridized carbons (Fsp3) is 0. The summed E-state index contributed by atoms with van der Waals surface area (Å²) in [5.74, 6) is 0. The average Bonchev–Trinajstić information content (AvgIpc) is 1.36. The van der Waals surface area contributed by atoms with E-state index < -0.39 is 10.4 Å². The quantitative estimate of drug-likeness (QED) is 0.157. The van der Waals surface area contributed by atoms with Crippen molar-refractivity contribution in [3.63, 3.8) is 0 Å². The SMILES string of the molecule is C=C.O=S(=O)([O-])[O-].[Na+].[Na+]. The first-order valence-corrected chi connectivity index (χ1v) is 2.50. The molecule has 0 fully saturated rings. The monoisotopic (exact) mass is 170 g/mol. The Morgan fingerprint density at radius 1 is 1.00 bits per heavy atom. The molecular weight excluding hydrogens is 166 g/mol. The molecule has 0 N–H and O–H groups in total. The molecule has 9 heavy (non-hydrogen) atoms. The summed E-state index contributed by atoms with van der Waals surface area (Å²) in [6.45, 7) is 6.00. The van der Waals surface area contributed by atoms with Crippen molar-refractivity contribution in [1.29, 1.82) is 0 Å². The summed E-state index contributed by atoms with van der Waals surface area (Å²) in [5.41, 5.74) is 0. The van der Waals surface area contributed by atoms with E-state index in [-0.39, 0.29) is 59.1 Å². The Kier molecular flexibility index (Phi) is 30.7. The molecule has 0 radical (unpaired) electrons. The van der Waals surface area contributed by atoms with Gasteiger partial charge in [-0.3, -0.25) is 8.42 Å². The van der Waals surface area contributed by atoms with E-state index in [1.165, 1.54) is 0 Å². The molecule has 0 amide bonds. The summed E-state index contributed by atoms with van der Waals surface area (Å²) >= 11 is 0. The predicted molar refractivity (Wildman–Crippen MR) is 21.7 cm³/mol. The number of hydrogen-bond donors (Lipinski definition) is 0. The van der Waals surface area contributed by atoms with Crippen LogP contribution < -0.4 is 59.1 Å². The van der Waals surface area contributed by atoms with Crippen molar-refractivity contribution in [1.82, 2.24) is 0 Å². The number of rotatable bonds is 0. The number of hydrogen-bond acceptors (Lipinski definition) is 4. The molecule has 4 nitrogen and oxygen atoms in total. The van der Waals surface area contributed by atoms with Gasteiger partial charge in [0.1, 0.15) is 0 Å². The van der Waals surface area contributed by atoms with Crippen LogP contribution in [0.4, 0.5) is 0 Å². The second-order valence-corrected chi connectivity index (χ2v) is 1.22. The Morgan fingerprint density at radius 2 is 1.00 bits per heavy atom. The Labute approximate surface area is 98.9 Å². The zero-order valence-corrected chi connectivity index (χ0v) is 10.3.